The van der Waals surface area contributed by atoms with Gasteiger partial charge in [0.1, 0.15) is 0 Å². The van der Waals surface area contributed by atoms with Crippen molar-refractivity contribution in [2.24, 2.45) is 5.92 Å². The Morgan fingerprint density at radius 1 is 1.31 bits per heavy atom. The molecule has 88 valence electrons. The van der Waals surface area contributed by atoms with Crippen LogP contribution in [0.2, 0.25) is 0 Å². The molecule has 2 rings (SSSR count). The van der Waals surface area contributed by atoms with Crippen molar-refractivity contribution in [3.05, 3.63) is 18.5 Å². The van der Waals surface area contributed by atoms with Gasteiger partial charge in [-0.15, -0.1) is 0 Å². The van der Waals surface area contributed by atoms with Gasteiger partial charge >= 0.3 is 0 Å². The van der Waals surface area contributed by atoms with E-state index < -0.39 is 0 Å². The number of nitrogens with zero attached hydrogens (tertiary/aromatic N) is 3. The minimum absolute atomic E-state index is 0.746. The lowest BCUT2D eigenvalue weighted by molar-refractivity contribution is 0.215. The molecule has 1 aliphatic heterocycles. The molecule has 0 radical (unpaired) electrons. The Balaban J connectivity index is 1.65. The number of anilines is 1. The average molecular weight is 220 g/mol. The van der Waals surface area contributed by atoms with Gasteiger partial charge in [-0.25, -0.2) is 9.97 Å². The van der Waals surface area contributed by atoms with E-state index in [1.807, 2.05) is 6.07 Å². The van der Waals surface area contributed by atoms with Crippen molar-refractivity contribution in [1.29, 1.82) is 0 Å². The fourth-order valence-corrected chi connectivity index (χ4v) is 2.13. The lowest BCUT2D eigenvalue weighted by Crippen LogP contribution is -2.30. The van der Waals surface area contributed by atoms with Crippen LogP contribution in [-0.2, 0) is 0 Å². The normalized spacial score (nSPS) is 18.6. The van der Waals surface area contributed by atoms with Crippen molar-refractivity contribution >= 4 is 5.95 Å². The molecule has 1 aromatic heterocycles. The van der Waals surface area contributed by atoms with E-state index in [1.54, 1.807) is 12.4 Å². The third-order valence-electron chi connectivity index (χ3n) is 3.24. The number of hydrogen-bond acceptors (Lipinski definition) is 4. The van der Waals surface area contributed by atoms with E-state index >= 15 is 0 Å². The van der Waals surface area contributed by atoms with Crippen LogP contribution in [0, 0.1) is 5.92 Å². The van der Waals surface area contributed by atoms with Crippen LogP contribution in [0.15, 0.2) is 18.5 Å². The quantitative estimate of drug-likeness (QED) is 0.837. The predicted octanol–water partition coefficient (Wildman–Crippen LogP) is 1.62. The largest absolute Gasteiger partial charge is 0.354 e. The van der Waals surface area contributed by atoms with Crippen LogP contribution >= 0.6 is 0 Å². The van der Waals surface area contributed by atoms with Gasteiger partial charge in [0.2, 0.25) is 5.95 Å². The molecule has 2 heterocycles. The van der Waals surface area contributed by atoms with Crippen LogP contribution in [0.3, 0.4) is 0 Å². The topological polar surface area (TPSA) is 41.0 Å². The van der Waals surface area contributed by atoms with Crippen molar-refractivity contribution in [3.63, 3.8) is 0 Å². The Morgan fingerprint density at radius 2 is 2.00 bits per heavy atom. The summed E-state index contributed by atoms with van der Waals surface area (Å²) < 4.78 is 0. The molecule has 4 heteroatoms. The number of aromatic nitrogens is 2. The van der Waals surface area contributed by atoms with Crippen LogP contribution in [-0.4, -0.2) is 41.5 Å². The number of nitrogens with one attached hydrogen (secondary N) is 1. The summed E-state index contributed by atoms with van der Waals surface area (Å²) in [6.07, 6.45) is 7.42. The highest BCUT2D eigenvalue weighted by atomic mass is 15.1. The first-order valence-corrected chi connectivity index (χ1v) is 6.04. The number of likely N-dealkylation sites (tertiary alicyclic amines) is 1. The minimum Gasteiger partial charge on any atom is -0.354 e. The van der Waals surface area contributed by atoms with E-state index in [0.29, 0.717) is 0 Å². The molecule has 1 aromatic rings. The first kappa shape index (κ1) is 11.3. The van der Waals surface area contributed by atoms with E-state index in [2.05, 4.69) is 27.2 Å². The molecule has 0 amide bonds. The molecule has 0 aliphatic carbocycles. The highest BCUT2D eigenvalue weighted by Gasteiger charge is 2.15. The van der Waals surface area contributed by atoms with Crippen LogP contribution in [0.25, 0.3) is 0 Å². The Bertz CT molecular complexity index is 293. The maximum atomic E-state index is 4.14. The van der Waals surface area contributed by atoms with Gasteiger partial charge < -0.3 is 10.2 Å². The van der Waals surface area contributed by atoms with E-state index in [0.717, 1.165) is 18.4 Å². The molecule has 0 unspecified atom stereocenters. The lowest BCUT2D eigenvalue weighted by atomic mass is 9.94. The molecule has 4 nitrogen and oxygen atoms in total. The standard InChI is InChI=1S/C12H20N4/c1-16-9-4-11(5-10-16)3-8-15-12-13-6-2-7-14-12/h2,6-7,11H,3-5,8-10H2,1H3,(H,13,14,15). The van der Waals surface area contributed by atoms with E-state index in [-0.39, 0.29) is 0 Å². The van der Waals surface area contributed by atoms with Crippen molar-refractivity contribution in [2.75, 3.05) is 32.0 Å². The Kier molecular flexibility index (Phi) is 4.10. The van der Waals surface area contributed by atoms with Gasteiger partial charge in [0, 0.05) is 18.9 Å². The maximum Gasteiger partial charge on any atom is 0.222 e. The summed E-state index contributed by atoms with van der Waals surface area (Å²) in [5.74, 6) is 1.61. The molecule has 0 aromatic carbocycles. The first-order valence-electron chi connectivity index (χ1n) is 6.04. The molecule has 1 saturated heterocycles. The van der Waals surface area contributed by atoms with Crippen LogP contribution in [0.4, 0.5) is 5.95 Å². The summed E-state index contributed by atoms with van der Waals surface area (Å²) in [5, 5.41) is 3.27. The SMILES string of the molecule is CN1CCC(CCNc2ncccn2)CC1. The van der Waals surface area contributed by atoms with Crippen molar-refractivity contribution in [1.82, 2.24) is 14.9 Å². The monoisotopic (exact) mass is 220 g/mol. The molecule has 1 fully saturated rings. The molecule has 0 atom stereocenters. The first-order chi connectivity index (χ1) is 7.84. The highest BCUT2D eigenvalue weighted by molar-refractivity contribution is 5.21. The molecular weight excluding hydrogens is 200 g/mol. The summed E-state index contributed by atoms with van der Waals surface area (Å²) in [5.41, 5.74) is 0. The number of piperidine rings is 1. The molecule has 16 heavy (non-hydrogen) atoms. The van der Waals surface area contributed by atoms with Crippen LogP contribution in [0.1, 0.15) is 19.3 Å². The van der Waals surface area contributed by atoms with Crippen molar-refractivity contribution < 1.29 is 0 Å². The molecule has 0 spiro atoms. The lowest BCUT2D eigenvalue weighted by Gasteiger charge is -2.28. The van der Waals surface area contributed by atoms with Gasteiger partial charge in [-0.05, 0) is 51.4 Å². The van der Waals surface area contributed by atoms with Crippen molar-refractivity contribution in [2.45, 2.75) is 19.3 Å². The summed E-state index contributed by atoms with van der Waals surface area (Å²) in [4.78, 5) is 10.7. The average Bonchev–Trinajstić information content (AvgIpc) is 2.33. The van der Waals surface area contributed by atoms with Gasteiger partial charge in [0.05, 0.1) is 0 Å². The second-order valence-corrected chi connectivity index (χ2v) is 4.53. The summed E-state index contributed by atoms with van der Waals surface area (Å²) in [6, 6.07) is 1.84. The smallest absolute Gasteiger partial charge is 0.222 e. The van der Waals surface area contributed by atoms with E-state index in [4.69, 9.17) is 0 Å². The Labute approximate surface area is 97.1 Å². The van der Waals surface area contributed by atoms with Crippen LogP contribution in [0.5, 0.6) is 0 Å². The van der Waals surface area contributed by atoms with E-state index in [1.165, 1.54) is 32.4 Å². The zero-order valence-corrected chi connectivity index (χ0v) is 9.89. The van der Waals surface area contributed by atoms with E-state index in [9.17, 15) is 0 Å². The van der Waals surface area contributed by atoms with Gasteiger partial charge in [0.15, 0.2) is 0 Å². The van der Waals surface area contributed by atoms with Gasteiger partial charge in [-0.2, -0.15) is 0 Å². The second-order valence-electron chi connectivity index (χ2n) is 4.53. The molecule has 0 bridgehead atoms. The molecular formula is C12H20N4. The Hall–Kier alpha value is -1.16. The third kappa shape index (κ3) is 3.45. The van der Waals surface area contributed by atoms with Crippen molar-refractivity contribution in [3.8, 4) is 0 Å². The summed E-state index contributed by atoms with van der Waals surface area (Å²) >= 11 is 0. The Morgan fingerprint density at radius 3 is 2.69 bits per heavy atom. The number of hydrogen-bond donors (Lipinski definition) is 1. The maximum absolute atomic E-state index is 4.14. The predicted molar refractivity (Wildman–Crippen MR) is 65.4 cm³/mol. The fraction of sp³-hybridized carbons (Fsp3) is 0.667. The molecule has 1 N–H and O–H groups in total. The molecule has 1 aliphatic rings. The van der Waals surface area contributed by atoms with Gasteiger partial charge in [-0.1, -0.05) is 0 Å². The highest BCUT2D eigenvalue weighted by Crippen LogP contribution is 2.19. The second kappa shape index (κ2) is 5.80. The van der Waals surface area contributed by atoms with Gasteiger partial charge in [-0.3, -0.25) is 0 Å². The third-order valence-corrected chi connectivity index (χ3v) is 3.24. The minimum atomic E-state index is 0.746. The van der Waals surface area contributed by atoms with Crippen LogP contribution < -0.4 is 5.32 Å². The summed E-state index contributed by atoms with van der Waals surface area (Å²) in [7, 11) is 2.20. The zero-order chi connectivity index (χ0) is 11.2. The zero-order valence-electron chi connectivity index (χ0n) is 9.89. The van der Waals surface area contributed by atoms with Gasteiger partial charge in [0.25, 0.3) is 0 Å². The summed E-state index contributed by atoms with van der Waals surface area (Å²) in [6.45, 7) is 3.47. The molecule has 0 saturated carbocycles. The fourth-order valence-electron chi connectivity index (χ4n) is 2.13. The number of rotatable bonds is 4.